The Morgan fingerprint density at radius 2 is 2.06 bits per heavy atom. The summed E-state index contributed by atoms with van der Waals surface area (Å²) in [6.45, 7) is 2.11. The number of hydrogen-bond donors (Lipinski definition) is 1. The van der Waals surface area contributed by atoms with E-state index in [4.69, 9.17) is 5.73 Å². The Morgan fingerprint density at radius 3 is 2.83 bits per heavy atom. The second kappa shape index (κ2) is 4.52. The molecule has 90 valence electrons. The topological polar surface area (TPSA) is 38.9 Å². The number of nitrogens with zero attached hydrogens (tertiary/aromatic N) is 1. The standard InChI is InChI=1S/C15H14N2S/c1-10-8-18-9-14(10)15(16)12-4-2-3-11-5-6-17-7-13(11)12/h2-9,15H,16H2,1H3. The van der Waals surface area contributed by atoms with Crippen LogP contribution in [-0.4, -0.2) is 4.98 Å². The molecule has 0 saturated carbocycles. The van der Waals surface area contributed by atoms with E-state index in [0.717, 1.165) is 10.9 Å². The quantitative estimate of drug-likeness (QED) is 0.758. The molecular formula is C15H14N2S. The van der Waals surface area contributed by atoms with Crippen molar-refractivity contribution in [2.45, 2.75) is 13.0 Å². The lowest BCUT2D eigenvalue weighted by Gasteiger charge is -2.14. The van der Waals surface area contributed by atoms with E-state index in [1.165, 1.54) is 16.5 Å². The van der Waals surface area contributed by atoms with Gasteiger partial charge in [-0.3, -0.25) is 4.98 Å². The zero-order valence-corrected chi connectivity index (χ0v) is 10.9. The minimum Gasteiger partial charge on any atom is -0.320 e. The maximum Gasteiger partial charge on any atom is 0.0569 e. The van der Waals surface area contributed by atoms with Crippen molar-refractivity contribution in [3.63, 3.8) is 0 Å². The molecule has 1 unspecified atom stereocenters. The van der Waals surface area contributed by atoms with Crippen LogP contribution in [0.5, 0.6) is 0 Å². The normalized spacial score (nSPS) is 12.8. The first-order chi connectivity index (χ1) is 8.77. The van der Waals surface area contributed by atoms with E-state index < -0.39 is 0 Å². The van der Waals surface area contributed by atoms with Crippen LogP contribution in [-0.2, 0) is 0 Å². The van der Waals surface area contributed by atoms with Gasteiger partial charge in [0.1, 0.15) is 0 Å². The Hall–Kier alpha value is -1.71. The van der Waals surface area contributed by atoms with Crippen molar-refractivity contribution in [2.24, 2.45) is 5.73 Å². The summed E-state index contributed by atoms with van der Waals surface area (Å²) in [5, 5.41) is 6.59. The van der Waals surface area contributed by atoms with Gasteiger partial charge >= 0.3 is 0 Å². The van der Waals surface area contributed by atoms with Gasteiger partial charge in [-0.1, -0.05) is 18.2 Å². The van der Waals surface area contributed by atoms with Crippen molar-refractivity contribution in [2.75, 3.05) is 0 Å². The van der Waals surface area contributed by atoms with E-state index in [2.05, 4.69) is 40.9 Å². The highest BCUT2D eigenvalue weighted by Gasteiger charge is 2.14. The number of aryl methyl sites for hydroxylation is 1. The Kier molecular flexibility index (Phi) is 2.86. The molecule has 1 aromatic carbocycles. The Labute approximate surface area is 110 Å². The molecule has 0 aliphatic rings. The van der Waals surface area contributed by atoms with Crippen LogP contribution in [0.25, 0.3) is 10.8 Å². The lowest BCUT2D eigenvalue weighted by atomic mass is 9.95. The van der Waals surface area contributed by atoms with E-state index in [9.17, 15) is 0 Å². The minimum atomic E-state index is -0.0795. The molecule has 3 aromatic rings. The zero-order valence-electron chi connectivity index (χ0n) is 10.1. The van der Waals surface area contributed by atoms with E-state index >= 15 is 0 Å². The van der Waals surface area contributed by atoms with Crippen molar-refractivity contribution < 1.29 is 0 Å². The molecule has 0 saturated heterocycles. The van der Waals surface area contributed by atoms with Gasteiger partial charge in [0, 0.05) is 17.8 Å². The first-order valence-corrected chi connectivity index (χ1v) is 6.82. The van der Waals surface area contributed by atoms with Gasteiger partial charge in [0.05, 0.1) is 6.04 Å². The number of pyridine rings is 1. The molecule has 0 aliphatic carbocycles. The van der Waals surface area contributed by atoms with E-state index in [0.29, 0.717) is 0 Å². The van der Waals surface area contributed by atoms with Crippen LogP contribution in [0.15, 0.2) is 47.4 Å². The number of nitrogens with two attached hydrogens (primary N) is 1. The molecule has 2 N–H and O–H groups in total. The van der Waals surface area contributed by atoms with E-state index in [1.54, 1.807) is 11.3 Å². The second-order valence-corrected chi connectivity index (χ2v) is 5.18. The van der Waals surface area contributed by atoms with Gasteiger partial charge in [0.25, 0.3) is 0 Å². The fourth-order valence-electron chi connectivity index (χ4n) is 2.26. The number of hydrogen-bond acceptors (Lipinski definition) is 3. The van der Waals surface area contributed by atoms with Crippen LogP contribution >= 0.6 is 11.3 Å². The molecule has 0 radical (unpaired) electrons. The van der Waals surface area contributed by atoms with Crippen LogP contribution in [0.1, 0.15) is 22.7 Å². The van der Waals surface area contributed by atoms with Crippen molar-refractivity contribution in [1.82, 2.24) is 4.98 Å². The van der Waals surface area contributed by atoms with Crippen molar-refractivity contribution >= 4 is 22.1 Å². The largest absolute Gasteiger partial charge is 0.320 e. The SMILES string of the molecule is Cc1cscc1C(N)c1cccc2ccncc12. The molecule has 2 aromatic heterocycles. The third-order valence-electron chi connectivity index (χ3n) is 3.28. The zero-order chi connectivity index (χ0) is 12.5. The first-order valence-electron chi connectivity index (χ1n) is 5.88. The lowest BCUT2D eigenvalue weighted by Crippen LogP contribution is -2.12. The third kappa shape index (κ3) is 1.82. The number of aromatic nitrogens is 1. The molecule has 0 spiro atoms. The van der Waals surface area contributed by atoms with Crippen molar-refractivity contribution in [1.29, 1.82) is 0 Å². The summed E-state index contributed by atoms with van der Waals surface area (Å²) in [6.07, 6.45) is 3.71. The van der Waals surface area contributed by atoms with Gasteiger partial charge in [-0.25, -0.2) is 0 Å². The van der Waals surface area contributed by atoms with Crippen LogP contribution in [0.2, 0.25) is 0 Å². The van der Waals surface area contributed by atoms with Crippen molar-refractivity contribution in [3.8, 4) is 0 Å². The lowest BCUT2D eigenvalue weighted by molar-refractivity contribution is 0.876. The summed E-state index contributed by atoms with van der Waals surface area (Å²) < 4.78 is 0. The average Bonchev–Trinajstić information content (AvgIpc) is 2.83. The van der Waals surface area contributed by atoms with Gasteiger partial charge in [0.2, 0.25) is 0 Å². The minimum absolute atomic E-state index is 0.0795. The first kappa shape index (κ1) is 11.4. The average molecular weight is 254 g/mol. The number of fused-ring (bicyclic) bond motifs is 1. The Bertz CT molecular complexity index is 682. The number of rotatable bonds is 2. The van der Waals surface area contributed by atoms with Crippen LogP contribution in [0, 0.1) is 6.92 Å². The maximum absolute atomic E-state index is 6.41. The summed E-state index contributed by atoms with van der Waals surface area (Å²) in [6, 6.07) is 8.18. The fraction of sp³-hybridized carbons (Fsp3) is 0.133. The number of thiophene rings is 1. The molecule has 2 heterocycles. The molecule has 0 amide bonds. The molecule has 0 bridgehead atoms. The molecule has 3 heteroatoms. The molecule has 2 nitrogen and oxygen atoms in total. The highest BCUT2D eigenvalue weighted by atomic mass is 32.1. The van der Waals surface area contributed by atoms with Gasteiger partial charge in [0.15, 0.2) is 0 Å². The fourth-order valence-corrected chi connectivity index (χ4v) is 3.15. The highest BCUT2D eigenvalue weighted by Crippen LogP contribution is 2.29. The smallest absolute Gasteiger partial charge is 0.0569 e. The summed E-state index contributed by atoms with van der Waals surface area (Å²) >= 11 is 1.70. The van der Waals surface area contributed by atoms with Crippen molar-refractivity contribution in [3.05, 3.63) is 64.1 Å². The molecule has 1 atom stereocenters. The highest BCUT2D eigenvalue weighted by molar-refractivity contribution is 7.08. The third-order valence-corrected chi connectivity index (χ3v) is 4.16. The van der Waals surface area contributed by atoms with Gasteiger partial charge < -0.3 is 5.73 Å². The molecule has 18 heavy (non-hydrogen) atoms. The van der Waals surface area contributed by atoms with Gasteiger partial charge in [-0.15, -0.1) is 0 Å². The van der Waals surface area contributed by atoms with Crippen LogP contribution < -0.4 is 5.73 Å². The van der Waals surface area contributed by atoms with Crippen LogP contribution in [0.3, 0.4) is 0 Å². The Balaban J connectivity index is 2.18. The van der Waals surface area contributed by atoms with Gasteiger partial charge in [-0.2, -0.15) is 11.3 Å². The van der Waals surface area contributed by atoms with Gasteiger partial charge in [-0.05, 0) is 45.8 Å². The molecule has 0 aliphatic heterocycles. The second-order valence-electron chi connectivity index (χ2n) is 4.43. The van der Waals surface area contributed by atoms with E-state index in [-0.39, 0.29) is 6.04 Å². The Morgan fingerprint density at radius 1 is 1.17 bits per heavy atom. The van der Waals surface area contributed by atoms with E-state index in [1.807, 2.05) is 18.5 Å². The molecule has 0 fully saturated rings. The summed E-state index contributed by atoms with van der Waals surface area (Å²) in [4.78, 5) is 4.21. The summed E-state index contributed by atoms with van der Waals surface area (Å²) in [5.74, 6) is 0. The number of benzene rings is 1. The molecule has 3 rings (SSSR count). The maximum atomic E-state index is 6.41. The summed E-state index contributed by atoms with van der Waals surface area (Å²) in [7, 11) is 0. The molecular weight excluding hydrogens is 240 g/mol. The van der Waals surface area contributed by atoms with Crippen LogP contribution in [0.4, 0.5) is 0 Å². The monoisotopic (exact) mass is 254 g/mol. The summed E-state index contributed by atoms with van der Waals surface area (Å²) in [5.41, 5.74) is 10.0. The predicted octanol–water partition coefficient (Wildman–Crippen LogP) is 3.65. The predicted molar refractivity (Wildman–Crippen MR) is 76.8 cm³/mol.